The van der Waals surface area contributed by atoms with Gasteiger partial charge in [-0.05, 0) is 38.1 Å². The Balaban J connectivity index is 1.86. The fourth-order valence-corrected chi connectivity index (χ4v) is 2.93. The van der Waals surface area contributed by atoms with Gasteiger partial charge in [0.25, 0.3) is 5.91 Å². The van der Waals surface area contributed by atoms with E-state index in [0.717, 1.165) is 12.1 Å². The molecule has 3 N–H and O–H groups in total. The zero-order valence-electron chi connectivity index (χ0n) is 15.7. The number of nitrogens with two attached hydrogens (primary N) is 1. The standard InChI is InChI=1S/C19H18F2N6O2/c1-10(27-18(19(23)29)7-17(25-27)11(2)28)9-26-4-3-16(24-26)12-5-14(20)13(8-22)15(21)6-12/h3-7,10-11,28H,9H2,1-2H3,(H2,23,29)/t10-,11?/m1/s1. The van der Waals surface area contributed by atoms with E-state index in [1.54, 1.807) is 19.2 Å². The van der Waals surface area contributed by atoms with Crippen LogP contribution in [-0.2, 0) is 6.54 Å². The number of carbonyl (C=O) groups excluding carboxylic acids is 1. The van der Waals surface area contributed by atoms with Crippen molar-refractivity contribution in [1.29, 1.82) is 5.26 Å². The van der Waals surface area contributed by atoms with E-state index in [2.05, 4.69) is 10.2 Å². The van der Waals surface area contributed by atoms with Crippen molar-refractivity contribution in [2.45, 2.75) is 32.5 Å². The number of carbonyl (C=O) groups is 1. The van der Waals surface area contributed by atoms with E-state index in [1.807, 2.05) is 0 Å². The molecule has 0 saturated carbocycles. The molecule has 0 bridgehead atoms. The SMILES string of the molecule is CC(O)c1cc(C(N)=O)n([C@H](C)Cn2ccc(-c3cc(F)c(C#N)c(F)c3)n2)n1. The zero-order chi connectivity index (χ0) is 21.3. The smallest absolute Gasteiger partial charge is 0.267 e. The van der Waals surface area contributed by atoms with Gasteiger partial charge in [0, 0.05) is 11.8 Å². The second kappa shape index (κ2) is 7.81. The van der Waals surface area contributed by atoms with E-state index >= 15 is 0 Å². The first kappa shape index (κ1) is 20.2. The monoisotopic (exact) mass is 400 g/mol. The van der Waals surface area contributed by atoms with Gasteiger partial charge in [-0.2, -0.15) is 15.5 Å². The lowest BCUT2D eigenvalue weighted by atomic mass is 10.1. The van der Waals surface area contributed by atoms with E-state index in [-0.39, 0.29) is 23.8 Å². The first-order valence-corrected chi connectivity index (χ1v) is 8.71. The first-order chi connectivity index (χ1) is 13.7. The minimum Gasteiger partial charge on any atom is -0.387 e. The maximum atomic E-state index is 13.8. The fourth-order valence-electron chi connectivity index (χ4n) is 2.93. The summed E-state index contributed by atoms with van der Waals surface area (Å²) in [7, 11) is 0. The zero-order valence-corrected chi connectivity index (χ0v) is 15.7. The van der Waals surface area contributed by atoms with Gasteiger partial charge < -0.3 is 10.8 Å². The number of aliphatic hydroxyl groups is 1. The Labute approximate surface area is 164 Å². The molecule has 0 aliphatic heterocycles. The van der Waals surface area contributed by atoms with Gasteiger partial charge in [-0.3, -0.25) is 14.2 Å². The second-order valence-electron chi connectivity index (χ2n) is 6.64. The summed E-state index contributed by atoms with van der Waals surface area (Å²) in [6.45, 7) is 3.59. The van der Waals surface area contributed by atoms with Crippen LogP contribution in [0.25, 0.3) is 11.3 Å². The minimum atomic E-state index is -0.960. The first-order valence-electron chi connectivity index (χ1n) is 8.71. The molecule has 2 atom stereocenters. The highest BCUT2D eigenvalue weighted by Crippen LogP contribution is 2.24. The predicted molar refractivity (Wildman–Crippen MR) is 98.4 cm³/mol. The van der Waals surface area contributed by atoms with Crippen molar-refractivity contribution in [3.05, 3.63) is 59.0 Å². The molecular formula is C19H18F2N6O2. The lowest BCUT2D eigenvalue weighted by Gasteiger charge is -2.14. The molecule has 1 amide bonds. The Hall–Kier alpha value is -3.58. The average molecular weight is 400 g/mol. The third-order valence-corrected chi connectivity index (χ3v) is 4.39. The Morgan fingerprint density at radius 3 is 2.48 bits per heavy atom. The van der Waals surface area contributed by atoms with Crippen LogP contribution in [0.2, 0.25) is 0 Å². The van der Waals surface area contributed by atoms with Crippen LogP contribution < -0.4 is 5.73 Å². The topological polar surface area (TPSA) is 123 Å². The summed E-state index contributed by atoms with van der Waals surface area (Å²) in [5.41, 5.74) is 5.73. The van der Waals surface area contributed by atoms with Crippen LogP contribution in [0.5, 0.6) is 0 Å². The largest absolute Gasteiger partial charge is 0.387 e. The van der Waals surface area contributed by atoms with E-state index in [0.29, 0.717) is 11.4 Å². The molecule has 29 heavy (non-hydrogen) atoms. The van der Waals surface area contributed by atoms with Crippen LogP contribution in [0.15, 0.2) is 30.5 Å². The van der Waals surface area contributed by atoms with Crippen molar-refractivity contribution < 1.29 is 18.7 Å². The molecule has 2 heterocycles. The molecule has 0 aliphatic rings. The normalized spacial score (nSPS) is 13.1. The van der Waals surface area contributed by atoms with Crippen molar-refractivity contribution in [2.75, 3.05) is 0 Å². The third kappa shape index (κ3) is 4.00. The van der Waals surface area contributed by atoms with Gasteiger partial charge in [0.1, 0.15) is 29.0 Å². The van der Waals surface area contributed by atoms with Crippen LogP contribution in [0, 0.1) is 23.0 Å². The third-order valence-electron chi connectivity index (χ3n) is 4.39. The molecule has 10 heteroatoms. The number of benzene rings is 1. The summed E-state index contributed by atoms with van der Waals surface area (Å²) < 4.78 is 30.6. The number of amides is 1. The molecule has 2 aromatic heterocycles. The van der Waals surface area contributed by atoms with Crippen LogP contribution >= 0.6 is 0 Å². The summed E-state index contributed by atoms with van der Waals surface area (Å²) in [6, 6.07) is 6.22. The van der Waals surface area contributed by atoms with E-state index in [1.165, 1.54) is 28.4 Å². The summed E-state index contributed by atoms with van der Waals surface area (Å²) in [5, 5.41) is 27.0. The number of nitriles is 1. The van der Waals surface area contributed by atoms with Gasteiger partial charge in [0.2, 0.25) is 0 Å². The summed E-state index contributed by atoms with van der Waals surface area (Å²) in [5.74, 6) is -2.60. The molecule has 1 unspecified atom stereocenters. The van der Waals surface area contributed by atoms with Gasteiger partial charge in [0.05, 0.1) is 30.1 Å². The molecule has 3 aromatic rings. The minimum absolute atomic E-state index is 0.150. The molecule has 0 fully saturated rings. The molecule has 0 saturated heterocycles. The van der Waals surface area contributed by atoms with Crippen LogP contribution in [0.4, 0.5) is 8.78 Å². The number of aromatic nitrogens is 4. The molecule has 1 aromatic carbocycles. The Morgan fingerprint density at radius 1 is 1.28 bits per heavy atom. The molecule has 150 valence electrons. The number of halogens is 2. The van der Waals surface area contributed by atoms with E-state index in [9.17, 15) is 18.7 Å². The maximum absolute atomic E-state index is 13.8. The van der Waals surface area contributed by atoms with E-state index in [4.69, 9.17) is 11.0 Å². The van der Waals surface area contributed by atoms with E-state index < -0.39 is 29.2 Å². The van der Waals surface area contributed by atoms with Crippen LogP contribution in [-0.4, -0.2) is 30.6 Å². The quantitative estimate of drug-likeness (QED) is 0.657. The van der Waals surface area contributed by atoms with Crippen molar-refractivity contribution in [3.8, 4) is 17.3 Å². The summed E-state index contributed by atoms with van der Waals surface area (Å²) >= 11 is 0. The van der Waals surface area contributed by atoms with Crippen molar-refractivity contribution in [3.63, 3.8) is 0 Å². The van der Waals surface area contributed by atoms with Crippen LogP contribution in [0.3, 0.4) is 0 Å². The number of primary amides is 1. The van der Waals surface area contributed by atoms with Gasteiger partial charge in [0.15, 0.2) is 0 Å². The predicted octanol–water partition coefficient (Wildman–Crippen LogP) is 2.31. The van der Waals surface area contributed by atoms with Gasteiger partial charge in [-0.1, -0.05) is 0 Å². The van der Waals surface area contributed by atoms with Gasteiger partial charge in [-0.25, -0.2) is 8.78 Å². The molecular weight excluding hydrogens is 382 g/mol. The number of aliphatic hydroxyl groups excluding tert-OH is 1. The number of hydrogen-bond donors (Lipinski definition) is 2. The lowest BCUT2D eigenvalue weighted by molar-refractivity contribution is 0.0987. The Kier molecular flexibility index (Phi) is 5.43. The fraction of sp³-hybridized carbons (Fsp3) is 0.263. The van der Waals surface area contributed by atoms with Crippen molar-refractivity contribution in [1.82, 2.24) is 19.6 Å². The van der Waals surface area contributed by atoms with Gasteiger partial charge in [-0.15, -0.1) is 0 Å². The summed E-state index contributed by atoms with van der Waals surface area (Å²) in [6.07, 6.45) is 0.752. The average Bonchev–Trinajstić information content (AvgIpc) is 3.28. The number of nitrogens with zero attached hydrogens (tertiary/aromatic N) is 5. The highest BCUT2D eigenvalue weighted by Gasteiger charge is 2.20. The Bertz CT molecular complexity index is 1090. The summed E-state index contributed by atoms with van der Waals surface area (Å²) in [4.78, 5) is 11.7. The molecule has 0 spiro atoms. The van der Waals surface area contributed by atoms with Crippen molar-refractivity contribution >= 4 is 5.91 Å². The van der Waals surface area contributed by atoms with Gasteiger partial charge >= 0.3 is 0 Å². The van der Waals surface area contributed by atoms with Crippen molar-refractivity contribution in [2.24, 2.45) is 5.73 Å². The molecule has 0 aliphatic carbocycles. The van der Waals surface area contributed by atoms with Crippen LogP contribution in [0.1, 0.15) is 47.7 Å². The maximum Gasteiger partial charge on any atom is 0.267 e. The molecule has 8 nitrogen and oxygen atoms in total. The molecule has 0 radical (unpaired) electrons. The number of hydrogen-bond acceptors (Lipinski definition) is 5. The number of rotatable bonds is 6. The highest BCUT2D eigenvalue weighted by atomic mass is 19.1. The Morgan fingerprint density at radius 2 is 1.93 bits per heavy atom. The lowest BCUT2D eigenvalue weighted by Crippen LogP contribution is -2.22. The second-order valence-corrected chi connectivity index (χ2v) is 6.64. The molecule has 3 rings (SSSR count). The highest BCUT2D eigenvalue weighted by molar-refractivity contribution is 5.91.